The number of aliphatic carboxylic acids is 1. The van der Waals surface area contributed by atoms with Crippen LogP contribution >= 0.6 is 0 Å². The lowest BCUT2D eigenvalue weighted by Crippen LogP contribution is -2.35. The van der Waals surface area contributed by atoms with Crippen molar-refractivity contribution in [2.24, 2.45) is 23.5 Å². The van der Waals surface area contributed by atoms with Gasteiger partial charge >= 0.3 is 5.97 Å². The molecule has 0 spiro atoms. The molecule has 0 saturated heterocycles. The highest BCUT2D eigenvalue weighted by molar-refractivity contribution is 5.84. The molecule has 0 aliphatic carbocycles. The van der Waals surface area contributed by atoms with Crippen molar-refractivity contribution in [3.05, 3.63) is 0 Å². The minimum atomic E-state index is -0.815. The zero-order valence-electron chi connectivity index (χ0n) is 11.3. The van der Waals surface area contributed by atoms with Gasteiger partial charge in [0, 0.05) is 6.42 Å². The van der Waals surface area contributed by atoms with E-state index in [1.807, 2.05) is 27.7 Å². The van der Waals surface area contributed by atoms with Crippen LogP contribution in [0.1, 0.15) is 47.0 Å². The average Bonchev–Trinajstić information content (AvgIpc) is 2.25. The van der Waals surface area contributed by atoms with Gasteiger partial charge in [0.2, 0.25) is 0 Å². The number of ketones is 1. The van der Waals surface area contributed by atoms with Crippen molar-refractivity contribution in [2.75, 3.05) is 0 Å². The summed E-state index contributed by atoms with van der Waals surface area (Å²) in [6.45, 7) is 7.55. The summed E-state index contributed by atoms with van der Waals surface area (Å²) < 4.78 is 0. The van der Waals surface area contributed by atoms with E-state index >= 15 is 0 Å². The Balaban J connectivity index is 4.70. The number of hydrogen-bond acceptors (Lipinski definition) is 3. The van der Waals surface area contributed by atoms with Gasteiger partial charge in [-0.2, -0.15) is 0 Å². The number of hydrogen-bond donors (Lipinski definition) is 2. The van der Waals surface area contributed by atoms with Crippen molar-refractivity contribution in [3.63, 3.8) is 0 Å². The van der Waals surface area contributed by atoms with Crippen LogP contribution in [0.2, 0.25) is 0 Å². The molecule has 4 heteroatoms. The first kappa shape index (κ1) is 16.1. The first-order valence-electron chi connectivity index (χ1n) is 6.36. The molecule has 0 aromatic rings. The predicted molar refractivity (Wildman–Crippen MR) is 67.6 cm³/mol. The van der Waals surface area contributed by atoms with Crippen LogP contribution in [0.25, 0.3) is 0 Å². The number of carboxylic acid groups (broad SMARTS) is 1. The largest absolute Gasteiger partial charge is 0.481 e. The van der Waals surface area contributed by atoms with Crippen LogP contribution in [-0.4, -0.2) is 22.9 Å². The Hall–Kier alpha value is -0.900. The number of carbonyl (C=O) groups excluding carboxylic acids is 1. The average molecular weight is 243 g/mol. The quantitative estimate of drug-likeness (QED) is 0.684. The van der Waals surface area contributed by atoms with Gasteiger partial charge in [0.05, 0.1) is 12.0 Å². The van der Waals surface area contributed by atoms with E-state index in [1.54, 1.807) is 0 Å². The molecule has 1 unspecified atom stereocenters. The summed E-state index contributed by atoms with van der Waals surface area (Å²) in [5, 5.41) is 9.21. The Morgan fingerprint density at radius 2 is 1.71 bits per heavy atom. The lowest BCUT2D eigenvalue weighted by atomic mass is 9.78. The molecule has 0 aliphatic rings. The van der Waals surface area contributed by atoms with Crippen molar-refractivity contribution in [1.82, 2.24) is 0 Å². The van der Waals surface area contributed by atoms with E-state index in [9.17, 15) is 14.7 Å². The monoisotopic (exact) mass is 243 g/mol. The molecule has 0 amide bonds. The van der Waals surface area contributed by atoms with Crippen LogP contribution in [0.4, 0.5) is 0 Å². The normalized spacial score (nSPS) is 16.6. The molecular formula is C13H25NO3. The molecule has 0 aliphatic heterocycles. The molecule has 17 heavy (non-hydrogen) atoms. The van der Waals surface area contributed by atoms with Crippen LogP contribution in [0, 0.1) is 17.8 Å². The van der Waals surface area contributed by atoms with Crippen molar-refractivity contribution < 1.29 is 14.7 Å². The Morgan fingerprint density at radius 3 is 2.00 bits per heavy atom. The fourth-order valence-electron chi connectivity index (χ4n) is 2.19. The van der Waals surface area contributed by atoms with E-state index in [-0.39, 0.29) is 24.0 Å². The Morgan fingerprint density at radius 1 is 1.18 bits per heavy atom. The number of Topliss-reactive ketones (excluding diaryl/α,β-unsaturated/α-hetero) is 1. The molecule has 0 aromatic carbocycles. The van der Waals surface area contributed by atoms with Crippen LogP contribution in [0.3, 0.4) is 0 Å². The van der Waals surface area contributed by atoms with Crippen molar-refractivity contribution in [1.29, 1.82) is 0 Å². The van der Waals surface area contributed by atoms with E-state index in [2.05, 4.69) is 0 Å². The number of rotatable bonds is 8. The van der Waals surface area contributed by atoms with Crippen LogP contribution in [0.5, 0.6) is 0 Å². The van der Waals surface area contributed by atoms with Gasteiger partial charge < -0.3 is 10.8 Å². The van der Waals surface area contributed by atoms with Crippen LogP contribution in [-0.2, 0) is 9.59 Å². The van der Waals surface area contributed by atoms with Gasteiger partial charge in [-0.3, -0.25) is 9.59 Å². The standard InChI is InChI=1S/C13H25NO3/c1-5-9(7-11(15)10(14)6-2)12(8(3)4)13(16)17/h8-10,12H,5-7,14H2,1-4H3,(H,16,17)/t9?,10-,12+/m0/s1. The highest BCUT2D eigenvalue weighted by Crippen LogP contribution is 2.27. The van der Waals surface area contributed by atoms with Gasteiger partial charge in [-0.1, -0.05) is 34.1 Å². The molecule has 3 N–H and O–H groups in total. The number of nitrogens with two attached hydrogens (primary N) is 1. The van der Waals surface area contributed by atoms with Gasteiger partial charge in [-0.15, -0.1) is 0 Å². The van der Waals surface area contributed by atoms with E-state index in [1.165, 1.54) is 0 Å². The molecule has 0 heterocycles. The number of carboxylic acids is 1. The highest BCUT2D eigenvalue weighted by atomic mass is 16.4. The summed E-state index contributed by atoms with van der Waals surface area (Å²) in [4.78, 5) is 23.0. The van der Waals surface area contributed by atoms with Crippen molar-refractivity contribution in [2.45, 2.75) is 53.0 Å². The third-order valence-electron chi connectivity index (χ3n) is 3.35. The lowest BCUT2D eigenvalue weighted by molar-refractivity contribution is -0.146. The van der Waals surface area contributed by atoms with E-state index in [4.69, 9.17) is 5.73 Å². The second-order valence-electron chi connectivity index (χ2n) is 4.96. The number of carbonyl (C=O) groups is 2. The van der Waals surface area contributed by atoms with Gasteiger partial charge in [0.1, 0.15) is 5.78 Å². The maximum Gasteiger partial charge on any atom is 0.307 e. The maximum atomic E-state index is 11.8. The van der Waals surface area contributed by atoms with Crippen LogP contribution < -0.4 is 5.73 Å². The smallest absolute Gasteiger partial charge is 0.307 e. The van der Waals surface area contributed by atoms with E-state index in [0.29, 0.717) is 12.8 Å². The summed E-state index contributed by atoms with van der Waals surface area (Å²) in [6, 6.07) is -0.453. The summed E-state index contributed by atoms with van der Waals surface area (Å²) in [7, 11) is 0. The van der Waals surface area contributed by atoms with Gasteiger partial charge in [0.25, 0.3) is 0 Å². The lowest BCUT2D eigenvalue weighted by Gasteiger charge is -2.26. The molecule has 0 saturated carbocycles. The SMILES string of the molecule is CCC(CC(=O)[C@@H](N)CC)[C@H](C(=O)O)C(C)C. The zero-order valence-corrected chi connectivity index (χ0v) is 11.3. The summed E-state index contributed by atoms with van der Waals surface area (Å²) in [5.74, 6) is -1.38. The predicted octanol–water partition coefficient (Wildman–Crippen LogP) is 2.07. The topological polar surface area (TPSA) is 80.4 Å². The molecule has 0 rings (SSSR count). The molecule has 0 bridgehead atoms. The molecule has 3 atom stereocenters. The summed E-state index contributed by atoms with van der Waals surface area (Å²) in [6.07, 6.45) is 1.58. The third-order valence-corrected chi connectivity index (χ3v) is 3.35. The summed E-state index contributed by atoms with van der Waals surface area (Å²) in [5.41, 5.74) is 5.67. The zero-order chi connectivity index (χ0) is 13.6. The third kappa shape index (κ3) is 4.86. The first-order chi connectivity index (χ1) is 7.84. The Kier molecular flexibility index (Phi) is 7.04. The Labute approximate surface area is 104 Å². The van der Waals surface area contributed by atoms with Crippen LogP contribution in [0.15, 0.2) is 0 Å². The van der Waals surface area contributed by atoms with E-state index in [0.717, 1.165) is 0 Å². The van der Waals surface area contributed by atoms with E-state index < -0.39 is 17.9 Å². The molecule has 0 radical (unpaired) electrons. The molecule has 0 aromatic heterocycles. The highest BCUT2D eigenvalue weighted by Gasteiger charge is 2.31. The fraction of sp³-hybridized carbons (Fsp3) is 0.846. The van der Waals surface area contributed by atoms with Gasteiger partial charge in [-0.05, 0) is 18.3 Å². The molecule has 0 fully saturated rings. The minimum absolute atomic E-state index is 0.0220. The summed E-state index contributed by atoms with van der Waals surface area (Å²) >= 11 is 0. The first-order valence-corrected chi connectivity index (χ1v) is 6.36. The molecule has 100 valence electrons. The Bertz CT molecular complexity index is 263. The second-order valence-corrected chi connectivity index (χ2v) is 4.96. The van der Waals surface area contributed by atoms with Crippen molar-refractivity contribution in [3.8, 4) is 0 Å². The minimum Gasteiger partial charge on any atom is -0.481 e. The second kappa shape index (κ2) is 7.43. The molecular weight excluding hydrogens is 218 g/mol. The maximum absolute atomic E-state index is 11.8. The van der Waals surface area contributed by atoms with Crippen molar-refractivity contribution >= 4 is 11.8 Å². The molecule has 4 nitrogen and oxygen atoms in total. The fourth-order valence-corrected chi connectivity index (χ4v) is 2.19. The van der Waals surface area contributed by atoms with Gasteiger partial charge in [-0.25, -0.2) is 0 Å². The van der Waals surface area contributed by atoms with Gasteiger partial charge in [0.15, 0.2) is 0 Å².